The first-order chi connectivity index (χ1) is 8.37. The predicted molar refractivity (Wildman–Crippen MR) is 64.4 cm³/mol. The monoisotopic (exact) mass is 268 g/mol. The SMILES string of the molecule is CCC(C)OCCC(F)C(F)(F)N1CCN(C)C1. The molecule has 6 heteroatoms. The Kier molecular flexibility index (Phi) is 5.88. The van der Waals surface area contributed by atoms with Crippen LogP contribution in [0, 0.1) is 0 Å². The van der Waals surface area contributed by atoms with E-state index >= 15 is 0 Å². The molecule has 1 aliphatic heterocycles. The second-order valence-electron chi connectivity index (χ2n) is 4.92. The summed E-state index contributed by atoms with van der Waals surface area (Å²) in [6, 6.07) is -3.40. The molecule has 0 N–H and O–H groups in total. The van der Waals surface area contributed by atoms with Gasteiger partial charge >= 0.3 is 6.05 Å². The molecule has 1 aliphatic rings. The summed E-state index contributed by atoms with van der Waals surface area (Å²) in [7, 11) is 1.75. The highest BCUT2D eigenvalue weighted by atomic mass is 19.3. The Balaban J connectivity index is 2.36. The van der Waals surface area contributed by atoms with E-state index in [0.29, 0.717) is 6.54 Å². The average molecular weight is 268 g/mol. The van der Waals surface area contributed by atoms with E-state index in [1.807, 2.05) is 13.8 Å². The van der Waals surface area contributed by atoms with Gasteiger partial charge in [0.1, 0.15) is 0 Å². The van der Waals surface area contributed by atoms with Crippen LogP contribution in [0.15, 0.2) is 0 Å². The van der Waals surface area contributed by atoms with Crippen molar-refractivity contribution in [2.45, 2.75) is 45.0 Å². The maximum atomic E-state index is 13.8. The van der Waals surface area contributed by atoms with Crippen LogP contribution in [-0.2, 0) is 4.74 Å². The molecule has 2 atom stereocenters. The van der Waals surface area contributed by atoms with Crippen LogP contribution in [0.4, 0.5) is 13.2 Å². The molecule has 0 aromatic carbocycles. The van der Waals surface area contributed by atoms with Crippen LogP contribution in [0.25, 0.3) is 0 Å². The van der Waals surface area contributed by atoms with Crippen molar-refractivity contribution in [2.75, 3.05) is 33.4 Å². The van der Waals surface area contributed by atoms with Crippen molar-refractivity contribution in [3.05, 3.63) is 0 Å². The van der Waals surface area contributed by atoms with Gasteiger partial charge in [0.2, 0.25) is 0 Å². The van der Waals surface area contributed by atoms with Gasteiger partial charge in [-0.3, -0.25) is 4.90 Å². The van der Waals surface area contributed by atoms with Gasteiger partial charge in [0.25, 0.3) is 0 Å². The molecule has 0 aromatic rings. The molecule has 108 valence electrons. The molecule has 0 saturated carbocycles. The maximum absolute atomic E-state index is 13.8. The molecule has 1 fully saturated rings. The summed E-state index contributed by atoms with van der Waals surface area (Å²) in [5.41, 5.74) is 0. The van der Waals surface area contributed by atoms with E-state index < -0.39 is 12.2 Å². The zero-order chi connectivity index (χ0) is 13.8. The van der Waals surface area contributed by atoms with Gasteiger partial charge in [-0.05, 0) is 20.4 Å². The Bertz CT molecular complexity index is 253. The lowest BCUT2D eigenvalue weighted by atomic mass is 10.2. The fourth-order valence-electron chi connectivity index (χ4n) is 1.83. The van der Waals surface area contributed by atoms with Gasteiger partial charge in [0, 0.05) is 26.1 Å². The quantitative estimate of drug-likeness (QED) is 0.659. The Morgan fingerprint density at radius 2 is 2.00 bits per heavy atom. The maximum Gasteiger partial charge on any atom is 0.336 e. The third-order valence-electron chi connectivity index (χ3n) is 3.31. The standard InChI is InChI=1S/C12H23F3N2O/c1-4-10(2)18-8-5-11(13)12(14,15)17-7-6-16(3)9-17/h10-11H,4-9H2,1-3H3. The highest BCUT2D eigenvalue weighted by molar-refractivity contribution is 4.82. The van der Waals surface area contributed by atoms with Crippen molar-refractivity contribution in [3.8, 4) is 0 Å². The van der Waals surface area contributed by atoms with Gasteiger partial charge in [0.15, 0.2) is 6.17 Å². The van der Waals surface area contributed by atoms with Crippen molar-refractivity contribution in [1.29, 1.82) is 0 Å². The number of ether oxygens (including phenoxy) is 1. The summed E-state index contributed by atoms with van der Waals surface area (Å²) in [6.45, 7) is 4.68. The van der Waals surface area contributed by atoms with Gasteiger partial charge < -0.3 is 4.74 Å². The third-order valence-corrected chi connectivity index (χ3v) is 3.31. The summed E-state index contributed by atoms with van der Waals surface area (Å²) in [5, 5.41) is 0. The second kappa shape index (κ2) is 6.73. The minimum atomic E-state index is -3.40. The summed E-state index contributed by atoms with van der Waals surface area (Å²) >= 11 is 0. The van der Waals surface area contributed by atoms with Crippen LogP contribution < -0.4 is 0 Å². The Morgan fingerprint density at radius 1 is 1.33 bits per heavy atom. The number of rotatable bonds is 7. The second-order valence-corrected chi connectivity index (χ2v) is 4.92. The van der Waals surface area contributed by atoms with Crippen LogP contribution >= 0.6 is 0 Å². The highest BCUT2D eigenvalue weighted by Crippen LogP contribution is 2.30. The minimum Gasteiger partial charge on any atom is -0.378 e. The third kappa shape index (κ3) is 4.10. The molecule has 0 aliphatic carbocycles. The molecule has 2 unspecified atom stereocenters. The first-order valence-corrected chi connectivity index (χ1v) is 6.45. The fraction of sp³-hybridized carbons (Fsp3) is 1.00. The molecule has 3 nitrogen and oxygen atoms in total. The molecule has 0 radical (unpaired) electrons. The topological polar surface area (TPSA) is 15.7 Å². The number of likely N-dealkylation sites (N-methyl/N-ethyl adjacent to an activating group) is 1. The number of hydrogen-bond donors (Lipinski definition) is 0. The minimum absolute atomic E-state index is 0.0104. The van der Waals surface area contributed by atoms with Gasteiger partial charge in [-0.25, -0.2) is 9.29 Å². The van der Waals surface area contributed by atoms with Crippen LogP contribution in [-0.4, -0.2) is 61.5 Å². The first kappa shape index (κ1) is 15.7. The van der Waals surface area contributed by atoms with E-state index in [4.69, 9.17) is 4.74 Å². The van der Waals surface area contributed by atoms with Crippen LogP contribution in [0.1, 0.15) is 26.7 Å². The molecule has 0 spiro atoms. The molecule has 18 heavy (non-hydrogen) atoms. The van der Waals surface area contributed by atoms with Crippen LogP contribution in [0.5, 0.6) is 0 Å². The number of halogens is 3. The number of hydrogen-bond acceptors (Lipinski definition) is 3. The van der Waals surface area contributed by atoms with Crippen LogP contribution in [0.3, 0.4) is 0 Å². The van der Waals surface area contributed by atoms with Crippen molar-refractivity contribution < 1.29 is 17.9 Å². The Morgan fingerprint density at radius 3 is 2.50 bits per heavy atom. The zero-order valence-corrected chi connectivity index (χ0v) is 11.3. The lowest BCUT2D eigenvalue weighted by Crippen LogP contribution is -2.48. The van der Waals surface area contributed by atoms with E-state index in [-0.39, 0.29) is 32.3 Å². The molecule has 0 bridgehead atoms. The van der Waals surface area contributed by atoms with Crippen LogP contribution in [0.2, 0.25) is 0 Å². The normalized spacial score (nSPS) is 22.3. The lowest BCUT2D eigenvalue weighted by molar-refractivity contribution is -0.192. The van der Waals surface area contributed by atoms with Crippen molar-refractivity contribution in [1.82, 2.24) is 9.80 Å². The lowest BCUT2D eigenvalue weighted by Gasteiger charge is -2.29. The van der Waals surface area contributed by atoms with Gasteiger partial charge in [0.05, 0.1) is 12.8 Å². The molecular formula is C12H23F3N2O. The van der Waals surface area contributed by atoms with Gasteiger partial charge in [-0.2, -0.15) is 8.78 Å². The van der Waals surface area contributed by atoms with E-state index in [2.05, 4.69) is 0 Å². The van der Waals surface area contributed by atoms with E-state index in [9.17, 15) is 13.2 Å². The molecule has 1 rings (SSSR count). The summed E-state index contributed by atoms with van der Waals surface area (Å²) < 4.78 is 46.4. The summed E-state index contributed by atoms with van der Waals surface area (Å²) in [5.74, 6) is 0. The van der Waals surface area contributed by atoms with E-state index in [1.54, 1.807) is 11.9 Å². The first-order valence-electron chi connectivity index (χ1n) is 6.45. The summed E-state index contributed by atoms with van der Waals surface area (Å²) in [4.78, 5) is 2.64. The average Bonchev–Trinajstić information content (AvgIpc) is 2.76. The molecule has 1 saturated heterocycles. The zero-order valence-electron chi connectivity index (χ0n) is 11.3. The fourth-order valence-corrected chi connectivity index (χ4v) is 1.83. The molecule has 0 amide bonds. The van der Waals surface area contributed by atoms with Crippen molar-refractivity contribution >= 4 is 0 Å². The Labute approximate surface area is 107 Å². The molecule has 0 aromatic heterocycles. The summed E-state index contributed by atoms with van der Waals surface area (Å²) in [6.07, 6.45) is -1.65. The van der Waals surface area contributed by atoms with Gasteiger partial charge in [-0.15, -0.1) is 0 Å². The van der Waals surface area contributed by atoms with E-state index in [0.717, 1.165) is 11.3 Å². The van der Waals surface area contributed by atoms with Crippen molar-refractivity contribution in [2.24, 2.45) is 0 Å². The smallest absolute Gasteiger partial charge is 0.336 e. The highest BCUT2D eigenvalue weighted by Gasteiger charge is 2.47. The number of nitrogens with zero attached hydrogens (tertiary/aromatic N) is 2. The largest absolute Gasteiger partial charge is 0.378 e. The van der Waals surface area contributed by atoms with Gasteiger partial charge in [-0.1, -0.05) is 6.92 Å². The van der Waals surface area contributed by atoms with E-state index in [1.165, 1.54) is 0 Å². The Hall–Kier alpha value is -0.330. The number of alkyl halides is 3. The molecule has 1 heterocycles. The predicted octanol–water partition coefficient (Wildman–Crippen LogP) is 2.33. The molecular weight excluding hydrogens is 245 g/mol. The van der Waals surface area contributed by atoms with Crippen molar-refractivity contribution in [3.63, 3.8) is 0 Å².